The third-order valence-electron chi connectivity index (χ3n) is 2.48. The van der Waals surface area contributed by atoms with Gasteiger partial charge in [0.15, 0.2) is 0 Å². The van der Waals surface area contributed by atoms with Crippen LogP contribution in [-0.4, -0.2) is 18.8 Å². The highest BCUT2D eigenvalue weighted by Gasteiger charge is 2.11. The summed E-state index contributed by atoms with van der Waals surface area (Å²) in [5, 5.41) is 14.7. The van der Waals surface area contributed by atoms with Crippen molar-refractivity contribution in [3.05, 3.63) is 46.7 Å². The summed E-state index contributed by atoms with van der Waals surface area (Å²) in [4.78, 5) is 1.12. The Morgan fingerprint density at radius 3 is 2.88 bits per heavy atom. The molecule has 1 heterocycles. The van der Waals surface area contributed by atoms with Crippen molar-refractivity contribution in [1.29, 1.82) is 0 Å². The molecule has 17 heavy (non-hydrogen) atoms. The van der Waals surface area contributed by atoms with Gasteiger partial charge in [-0.1, -0.05) is 12.1 Å². The van der Waals surface area contributed by atoms with Crippen LogP contribution in [0, 0.1) is 0 Å². The first-order chi connectivity index (χ1) is 8.33. The molecule has 2 N–H and O–H groups in total. The second-order valence-corrected chi connectivity index (χ2v) is 4.61. The van der Waals surface area contributed by atoms with Gasteiger partial charge in [-0.2, -0.15) is 0 Å². The zero-order valence-electron chi connectivity index (χ0n) is 9.59. The van der Waals surface area contributed by atoms with E-state index >= 15 is 0 Å². The Kier molecular flexibility index (Phi) is 4.01. The predicted octanol–water partition coefficient (Wildman–Crippen LogP) is 2.90. The molecule has 0 bridgehead atoms. The van der Waals surface area contributed by atoms with E-state index in [-0.39, 0.29) is 12.6 Å². The molecule has 2 rings (SSSR count). The fourth-order valence-electron chi connectivity index (χ4n) is 1.61. The number of aliphatic hydroxyl groups excluding tert-OH is 1. The Morgan fingerprint density at radius 1 is 1.35 bits per heavy atom. The Morgan fingerprint density at radius 2 is 2.24 bits per heavy atom. The van der Waals surface area contributed by atoms with Crippen LogP contribution >= 0.6 is 11.3 Å². The smallest absolute Gasteiger partial charge is 0.120 e. The van der Waals surface area contributed by atoms with Crippen LogP contribution in [0.4, 0.5) is 5.69 Å². The highest BCUT2D eigenvalue weighted by molar-refractivity contribution is 7.10. The molecule has 0 saturated heterocycles. The van der Waals surface area contributed by atoms with Crippen molar-refractivity contribution in [1.82, 2.24) is 0 Å². The van der Waals surface area contributed by atoms with Crippen molar-refractivity contribution < 1.29 is 9.84 Å². The molecule has 1 aromatic heterocycles. The maximum atomic E-state index is 9.40. The highest BCUT2D eigenvalue weighted by atomic mass is 32.1. The summed E-state index contributed by atoms with van der Waals surface area (Å²) < 4.78 is 5.16. The third kappa shape index (κ3) is 2.99. The Balaban J connectivity index is 2.13. The molecule has 1 unspecified atom stereocenters. The summed E-state index contributed by atoms with van der Waals surface area (Å²) in [6.45, 7) is 0.0672. The molecule has 2 aromatic rings. The van der Waals surface area contributed by atoms with E-state index in [9.17, 15) is 5.11 Å². The third-order valence-corrected chi connectivity index (χ3v) is 3.47. The topological polar surface area (TPSA) is 41.5 Å². The molecule has 0 saturated carbocycles. The van der Waals surface area contributed by atoms with Gasteiger partial charge in [0.2, 0.25) is 0 Å². The number of anilines is 1. The predicted molar refractivity (Wildman–Crippen MR) is 70.8 cm³/mol. The van der Waals surface area contributed by atoms with Crippen molar-refractivity contribution in [2.75, 3.05) is 19.0 Å². The Bertz CT molecular complexity index is 456. The zero-order valence-corrected chi connectivity index (χ0v) is 10.4. The number of hydrogen-bond acceptors (Lipinski definition) is 4. The van der Waals surface area contributed by atoms with Gasteiger partial charge in [0.05, 0.1) is 19.8 Å². The molecule has 3 nitrogen and oxygen atoms in total. The molecule has 4 heteroatoms. The van der Waals surface area contributed by atoms with E-state index in [1.807, 2.05) is 41.8 Å². The van der Waals surface area contributed by atoms with Gasteiger partial charge in [-0.05, 0) is 23.6 Å². The standard InChI is InChI=1S/C13H15NO2S/c1-16-11-5-2-4-10(8-11)14-12(9-15)13-6-3-7-17-13/h2-8,12,14-15H,9H2,1H3. The van der Waals surface area contributed by atoms with E-state index in [0.717, 1.165) is 16.3 Å². The fraction of sp³-hybridized carbons (Fsp3) is 0.231. The number of methoxy groups -OCH3 is 1. The zero-order chi connectivity index (χ0) is 12.1. The van der Waals surface area contributed by atoms with Crippen LogP contribution in [0.5, 0.6) is 5.75 Å². The minimum Gasteiger partial charge on any atom is -0.497 e. The van der Waals surface area contributed by atoms with E-state index in [2.05, 4.69) is 5.32 Å². The van der Waals surface area contributed by atoms with Crippen molar-refractivity contribution in [3.63, 3.8) is 0 Å². The molecular weight excluding hydrogens is 234 g/mol. The van der Waals surface area contributed by atoms with E-state index in [0.29, 0.717) is 0 Å². The van der Waals surface area contributed by atoms with Gasteiger partial charge < -0.3 is 15.2 Å². The Hall–Kier alpha value is -1.52. The lowest BCUT2D eigenvalue weighted by Crippen LogP contribution is -2.13. The van der Waals surface area contributed by atoms with Gasteiger partial charge >= 0.3 is 0 Å². The van der Waals surface area contributed by atoms with Gasteiger partial charge in [-0.25, -0.2) is 0 Å². The van der Waals surface area contributed by atoms with Gasteiger partial charge in [0.25, 0.3) is 0 Å². The summed E-state index contributed by atoms with van der Waals surface area (Å²) in [7, 11) is 1.64. The van der Waals surface area contributed by atoms with E-state index in [4.69, 9.17) is 4.74 Å². The number of ether oxygens (including phenoxy) is 1. The lowest BCUT2D eigenvalue weighted by atomic mass is 10.2. The fourth-order valence-corrected chi connectivity index (χ4v) is 2.38. The normalized spacial score (nSPS) is 12.1. The highest BCUT2D eigenvalue weighted by Crippen LogP contribution is 2.25. The van der Waals surface area contributed by atoms with Crippen LogP contribution < -0.4 is 10.1 Å². The number of rotatable bonds is 5. The summed E-state index contributed by atoms with van der Waals surface area (Å²) >= 11 is 1.63. The van der Waals surface area contributed by atoms with Gasteiger partial charge in [-0.3, -0.25) is 0 Å². The number of aliphatic hydroxyl groups is 1. The summed E-state index contributed by atoms with van der Waals surface area (Å²) in [6.07, 6.45) is 0. The van der Waals surface area contributed by atoms with Crippen LogP contribution in [0.25, 0.3) is 0 Å². The Labute approximate surface area is 105 Å². The molecule has 0 spiro atoms. The lowest BCUT2D eigenvalue weighted by molar-refractivity contribution is 0.277. The molecule has 0 fully saturated rings. The van der Waals surface area contributed by atoms with Crippen molar-refractivity contribution in [3.8, 4) is 5.75 Å². The first-order valence-corrected chi connectivity index (χ1v) is 6.26. The molecule has 1 aromatic carbocycles. The first kappa shape index (κ1) is 12.0. The van der Waals surface area contributed by atoms with E-state index in [1.165, 1.54) is 0 Å². The van der Waals surface area contributed by atoms with E-state index in [1.54, 1.807) is 18.4 Å². The molecule has 1 atom stereocenters. The molecular formula is C13H15NO2S. The number of thiophene rings is 1. The molecule has 0 aliphatic rings. The van der Waals surface area contributed by atoms with Crippen LogP contribution in [0.15, 0.2) is 41.8 Å². The van der Waals surface area contributed by atoms with Crippen LogP contribution in [-0.2, 0) is 0 Å². The molecule has 90 valence electrons. The maximum Gasteiger partial charge on any atom is 0.120 e. The minimum absolute atomic E-state index is 0.0672. The summed E-state index contributed by atoms with van der Waals surface area (Å²) in [5.41, 5.74) is 0.941. The van der Waals surface area contributed by atoms with Crippen molar-refractivity contribution in [2.45, 2.75) is 6.04 Å². The second-order valence-electron chi connectivity index (χ2n) is 3.63. The second kappa shape index (κ2) is 5.70. The SMILES string of the molecule is COc1cccc(NC(CO)c2cccs2)c1. The lowest BCUT2D eigenvalue weighted by Gasteiger charge is -2.16. The van der Waals surface area contributed by atoms with Crippen LogP contribution in [0.1, 0.15) is 10.9 Å². The maximum absolute atomic E-state index is 9.40. The first-order valence-electron chi connectivity index (χ1n) is 5.38. The average molecular weight is 249 g/mol. The minimum atomic E-state index is -0.0675. The molecule has 0 aliphatic heterocycles. The summed E-state index contributed by atoms with van der Waals surface area (Å²) in [6, 6.07) is 11.6. The number of benzene rings is 1. The molecule has 0 aliphatic carbocycles. The number of hydrogen-bond donors (Lipinski definition) is 2. The summed E-state index contributed by atoms with van der Waals surface area (Å²) in [5.74, 6) is 0.804. The quantitative estimate of drug-likeness (QED) is 0.856. The van der Waals surface area contributed by atoms with Crippen molar-refractivity contribution >= 4 is 17.0 Å². The van der Waals surface area contributed by atoms with Crippen molar-refractivity contribution in [2.24, 2.45) is 0 Å². The van der Waals surface area contributed by atoms with Gasteiger partial charge in [0, 0.05) is 16.6 Å². The number of nitrogens with one attached hydrogen (secondary N) is 1. The van der Waals surface area contributed by atoms with E-state index < -0.39 is 0 Å². The van der Waals surface area contributed by atoms with Crippen LogP contribution in [0.3, 0.4) is 0 Å². The monoisotopic (exact) mass is 249 g/mol. The van der Waals surface area contributed by atoms with Gasteiger partial charge in [-0.15, -0.1) is 11.3 Å². The van der Waals surface area contributed by atoms with Crippen LogP contribution in [0.2, 0.25) is 0 Å². The van der Waals surface area contributed by atoms with Gasteiger partial charge in [0.1, 0.15) is 5.75 Å². The molecule has 0 radical (unpaired) electrons. The average Bonchev–Trinajstić information content (AvgIpc) is 2.90. The molecule has 0 amide bonds. The largest absolute Gasteiger partial charge is 0.497 e.